The molecular weight excluding hydrogens is 458 g/mol. The Labute approximate surface area is 188 Å². The van der Waals surface area contributed by atoms with Crippen molar-refractivity contribution in [1.29, 1.82) is 0 Å². The molecule has 0 atom stereocenters. The van der Waals surface area contributed by atoms with E-state index in [0.717, 1.165) is 32.7 Å². The first-order valence-electron chi connectivity index (χ1n) is 9.92. The Kier molecular flexibility index (Phi) is 6.58. The number of benzene rings is 1. The second kappa shape index (κ2) is 9.39. The van der Waals surface area contributed by atoms with E-state index in [4.69, 9.17) is 0 Å². The number of carbonyl (C=O) groups is 1. The summed E-state index contributed by atoms with van der Waals surface area (Å²) < 4.78 is 53.8. The first-order valence-corrected chi connectivity index (χ1v) is 12.2. The van der Waals surface area contributed by atoms with Gasteiger partial charge in [-0.15, -0.1) is 11.3 Å². The van der Waals surface area contributed by atoms with Gasteiger partial charge in [-0.25, -0.2) is 22.2 Å². The quantitative estimate of drug-likeness (QED) is 0.588. The fourth-order valence-corrected chi connectivity index (χ4v) is 5.82. The highest BCUT2D eigenvalue weighted by molar-refractivity contribution is 7.89. The third kappa shape index (κ3) is 4.84. The largest absolute Gasteiger partial charge is 0.349 e. The molecule has 32 heavy (non-hydrogen) atoms. The summed E-state index contributed by atoms with van der Waals surface area (Å²) in [5, 5.41) is 5.52. The lowest BCUT2D eigenvalue weighted by Gasteiger charge is -2.30. The number of nitrogens with one attached hydrogen (secondary N) is 1. The van der Waals surface area contributed by atoms with Gasteiger partial charge in [0.25, 0.3) is 0 Å². The Morgan fingerprint density at radius 3 is 2.59 bits per heavy atom. The summed E-state index contributed by atoms with van der Waals surface area (Å²) in [6.07, 6.45) is 3.96. The number of carbonyl (C=O) groups excluding carboxylic acids is 1. The predicted molar refractivity (Wildman–Crippen MR) is 115 cm³/mol. The van der Waals surface area contributed by atoms with Gasteiger partial charge >= 0.3 is 0 Å². The average molecular weight is 479 g/mol. The summed E-state index contributed by atoms with van der Waals surface area (Å²) in [6.45, 7) is 0.390. The molecule has 1 amide bonds. The van der Waals surface area contributed by atoms with Crippen LogP contribution in [-0.4, -0.2) is 41.7 Å². The van der Waals surface area contributed by atoms with Crippen molar-refractivity contribution in [1.82, 2.24) is 19.6 Å². The molecule has 4 rings (SSSR count). The molecule has 1 N–H and O–H groups in total. The van der Waals surface area contributed by atoms with Gasteiger partial charge in [0, 0.05) is 42.3 Å². The van der Waals surface area contributed by atoms with E-state index in [0.29, 0.717) is 18.9 Å². The number of amides is 1. The average Bonchev–Trinajstić information content (AvgIpc) is 3.29. The van der Waals surface area contributed by atoms with Crippen LogP contribution in [0.4, 0.5) is 8.78 Å². The number of thiazole rings is 1. The van der Waals surface area contributed by atoms with Crippen LogP contribution >= 0.6 is 11.3 Å². The van der Waals surface area contributed by atoms with Crippen molar-refractivity contribution >= 4 is 27.3 Å². The van der Waals surface area contributed by atoms with E-state index in [-0.39, 0.29) is 31.5 Å². The van der Waals surface area contributed by atoms with Crippen LogP contribution in [0.5, 0.6) is 0 Å². The molecule has 3 aromatic rings. The molecule has 1 aliphatic rings. The molecular formula is C21H20F2N4O3S2. The van der Waals surface area contributed by atoms with Crippen LogP contribution in [0.3, 0.4) is 0 Å². The molecule has 168 valence electrons. The van der Waals surface area contributed by atoms with Gasteiger partial charge in [0.2, 0.25) is 15.9 Å². The molecule has 7 nitrogen and oxygen atoms in total. The van der Waals surface area contributed by atoms with E-state index in [1.165, 1.54) is 11.3 Å². The number of rotatable bonds is 6. The summed E-state index contributed by atoms with van der Waals surface area (Å²) in [5.74, 6) is -2.37. The van der Waals surface area contributed by atoms with Gasteiger partial charge in [-0.05, 0) is 43.2 Å². The topological polar surface area (TPSA) is 92.3 Å². The fourth-order valence-electron chi connectivity index (χ4n) is 3.53. The van der Waals surface area contributed by atoms with Gasteiger partial charge in [0.05, 0.1) is 12.2 Å². The van der Waals surface area contributed by atoms with Crippen molar-refractivity contribution in [2.75, 3.05) is 13.1 Å². The lowest BCUT2D eigenvalue weighted by molar-refractivity contribution is -0.126. The monoisotopic (exact) mass is 478 g/mol. The second-order valence-electron chi connectivity index (χ2n) is 7.33. The first kappa shape index (κ1) is 22.4. The maximum atomic E-state index is 14.0. The number of sulfonamides is 1. The Balaban J connectivity index is 1.32. The highest BCUT2D eigenvalue weighted by Gasteiger charge is 2.33. The number of hydrogen-bond acceptors (Lipinski definition) is 6. The van der Waals surface area contributed by atoms with Crippen LogP contribution in [-0.2, 0) is 21.4 Å². The lowest BCUT2D eigenvalue weighted by atomic mass is 9.97. The van der Waals surface area contributed by atoms with Crippen molar-refractivity contribution < 1.29 is 22.0 Å². The minimum absolute atomic E-state index is 0.0554. The molecule has 3 heterocycles. The summed E-state index contributed by atoms with van der Waals surface area (Å²) in [7, 11) is -4.17. The van der Waals surface area contributed by atoms with Gasteiger partial charge in [-0.2, -0.15) is 4.31 Å². The molecule has 0 bridgehead atoms. The van der Waals surface area contributed by atoms with Crippen molar-refractivity contribution in [3.05, 3.63) is 64.7 Å². The van der Waals surface area contributed by atoms with Crippen LogP contribution in [0, 0.1) is 17.6 Å². The van der Waals surface area contributed by atoms with Crippen molar-refractivity contribution in [3.8, 4) is 11.3 Å². The molecule has 0 spiro atoms. The highest BCUT2D eigenvalue weighted by Crippen LogP contribution is 2.26. The standard InChI is InChI=1S/C21H20F2N4O3S2/c22-16-1-2-17(23)19(11-16)32(29,30)27-9-5-15(6-10-27)21(28)25-12-20-26-18(13-31-20)14-3-7-24-8-4-14/h1-4,7-8,11,13,15H,5-6,9-10,12H2,(H,25,28). The van der Waals surface area contributed by atoms with E-state index >= 15 is 0 Å². The fraction of sp³-hybridized carbons (Fsp3) is 0.286. The molecule has 1 saturated heterocycles. The van der Waals surface area contributed by atoms with Crippen molar-refractivity contribution in [2.45, 2.75) is 24.3 Å². The first-order chi connectivity index (χ1) is 15.3. The van der Waals surface area contributed by atoms with Gasteiger partial charge in [0.1, 0.15) is 21.5 Å². The van der Waals surface area contributed by atoms with E-state index in [1.54, 1.807) is 12.4 Å². The molecule has 1 aromatic carbocycles. The smallest absolute Gasteiger partial charge is 0.246 e. The molecule has 0 radical (unpaired) electrons. The molecule has 0 aliphatic carbocycles. The van der Waals surface area contributed by atoms with Gasteiger partial charge in [-0.3, -0.25) is 9.78 Å². The van der Waals surface area contributed by atoms with E-state index in [1.807, 2.05) is 17.5 Å². The lowest BCUT2D eigenvalue weighted by Crippen LogP contribution is -2.43. The van der Waals surface area contributed by atoms with Gasteiger partial charge in [0.15, 0.2) is 0 Å². The zero-order chi connectivity index (χ0) is 22.7. The summed E-state index contributed by atoms with van der Waals surface area (Å²) in [6, 6.07) is 6.05. The van der Waals surface area contributed by atoms with Gasteiger partial charge in [-0.1, -0.05) is 0 Å². The Morgan fingerprint density at radius 1 is 1.16 bits per heavy atom. The van der Waals surface area contributed by atoms with Crippen LogP contribution in [0.1, 0.15) is 17.8 Å². The SMILES string of the molecule is O=C(NCc1nc(-c2ccncc2)cs1)C1CCN(S(=O)(=O)c2cc(F)ccc2F)CC1. The number of pyridine rings is 1. The van der Waals surface area contributed by atoms with Crippen molar-refractivity contribution in [2.24, 2.45) is 5.92 Å². The van der Waals surface area contributed by atoms with Crippen molar-refractivity contribution in [3.63, 3.8) is 0 Å². The van der Waals surface area contributed by atoms with Crippen LogP contribution in [0.15, 0.2) is 53.0 Å². The van der Waals surface area contributed by atoms with E-state index in [9.17, 15) is 22.0 Å². The maximum absolute atomic E-state index is 14.0. The zero-order valence-electron chi connectivity index (χ0n) is 16.9. The van der Waals surface area contributed by atoms with Crippen LogP contribution in [0.25, 0.3) is 11.3 Å². The summed E-state index contributed by atoms with van der Waals surface area (Å²) in [4.78, 5) is 20.4. The molecule has 0 saturated carbocycles. The Bertz CT molecular complexity index is 1210. The maximum Gasteiger partial charge on any atom is 0.246 e. The normalized spacial score (nSPS) is 15.6. The number of hydrogen-bond donors (Lipinski definition) is 1. The van der Waals surface area contributed by atoms with Gasteiger partial charge < -0.3 is 5.32 Å². The molecule has 2 aromatic heterocycles. The van der Waals surface area contributed by atoms with E-state index < -0.39 is 26.6 Å². The minimum atomic E-state index is -4.17. The summed E-state index contributed by atoms with van der Waals surface area (Å²) >= 11 is 1.44. The second-order valence-corrected chi connectivity index (χ2v) is 10.2. The van der Waals surface area contributed by atoms with Crippen LogP contribution in [0.2, 0.25) is 0 Å². The molecule has 11 heteroatoms. The third-order valence-corrected chi connectivity index (χ3v) is 8.04. The Morgan fingerprint density at radius 2 is 1.88 bits per heavy atom. The van der Waals surface area contributed by atoms with E-state index in [2.05, 4.69) is 15.3 Å². The summed E-state index contributed by atoms with van der Waals surface area (Å²) in [5.41, 5.74) is 1.75. The minimum Gasteiger partial charge on any atom is -0.349 e. The number of nitrogens with zero attached hydrogens (tertiary/aromatic N) is 3. The number of aromatic nitrogens is 2. The molecule has 0 unspecified atom stereocenters. The third-order valence-electron chi connectivity index (χ3n) is 5.28. The number of halogens is 2. The van der Waals surface area contributed by atoms with Crippen LogP contribution < -0.4 is 5.32 Å². The Hall–Kier alpha value is -2.76. The highest BCUT2D eigenvalue weighted by atomic mass is 32.2. The predicted octanol–water partition coefficient (Wildman–Crippen LogP) is 3.20. The molecule has 1 fully saturated rings. The number of piperidine rings is 1. The zero-order valence-corrected chi connectivity index (χ0v) is 18.5. The molecule has 1 aliphatic heterocycles.